The number of hydrogen-bond acceptors (Lipinski definition) is 6. The minimum atomic E-state index is -0.0948. The Morgan fingerprint density at radius 2 is 1.89 bits per heavy atom. The van der Waals surface area contributed by atoms with Gasteiger partial charge < -0.3 is 15.2 Å². The number of aromatic nitrogens is 3. The van der Waals surface area contributed by atoms with Crippen molar-refractivity contribution in [3.05, 3.63) is 52.8 Å². The van der Waals surface area contributed by atoms with Gasteiger partial charge in [0.1, 0.15) is 0 Å². The summed E-state index contributed by atoms with van der Waals surface area (Å²) in [6.07, 6.45) is 11.6. The molecule has 7 heteroatoms. The molecule has 0 saturated carbocycles. The lowest BCUT2D eigenvalue weighted by Gasteiger charge is -2.38. The number of nitrogens with zero attached hydrogens (tertiary/aromatic N) is 4. The number of H-pyrrole nitrogens is 1. The van der Waals surface area contributed by atoms with E-state index in [1.54, 1.807) is 12.4 Å². The molecule has 4 rings (SSSR count). The van der Waals surface area contributed by atoms with Crippen LogP contribution in [-0.2, 0) is 6.54 Å². The summed E-state index contributed by atoms with van der Waals surface area (Å²) >= 11 is 0. The van der Waals surface area contributed by atoms with Crippen molar-refractivity contribution in [1.29, 1.82) is 0 Å². The molecule has 7 nitrogen and oxygen atoms in total. The topological polar surface area (TPSA) is 77.2 Å². The third-order valence-electron chi connectivity index (χ3n) is 5.62. The SMILES string of the molecule is O=c1[nH]ccnc1N1CCC[C@H](NC2CCN(Cc3ccncc3)CC2)C1. The fourth-order valence-electron chi connectivity index (χ4n) is 4.21. The standard InChI is InChI=1S/C20H28N6O/c27-20-19(22-9-10-23-20)26-11-1-2-18(15-26)24-17-5-12-25(13-6-17)14-16-3-7-21-8-4-16/h3-4,7-10,17-18,24H,1-2,5-6,11-15H2,(H,23,27)/t18-/m0/s1. The van der Waals surface area contributed by atoms with Crippen LogP contribution in [-0.4, -0.2) is 58.1 Å². The van der Waals surface area contributed by atoms with E-state index in [-0.39, 0.29) is 5.56 Å². The Kier molecular flexibility index (Phi) is 5.79. The van der Waals surface area contributed by atoms with Gasteiger partial charge in [0.05, 0.1) is 0 Å². The number of anilines is 1. The molecule has 1 atom stereocenters. The summed E-state index contributed by atoms with van der Waals surface area (Å²) in [5, 5.41) is 3.84. The number of nitrogens with one attached hydrogen (secondary N) is 2. The van der Waals surface area contributed by atoms with Gasteiger partial charge in [-0.15, -0.1) is 0 Å². The smallest absolute Gasteiger partial charge is 0.290 e. The van der Waals surface area contributed by atoms with Gasteiger partial charge in [0.25, 0.3) is 5.56 Å². The molecule has 27 heavy (non-hydrogen) atoms. The summed E-state index contributed by atoms with van der Waals surface area (Å²) in [6.45, 7) is 5.02. The van der Waals surface area contributed by atoms with Crippen LogP contribution in [0.5, 0.6) is 0 Å². The fraction of sp³-hybridized carbons (Fsp3) is 0.550. The summed E-state index contributed by atoms with van der Waals surface area (Å²) in [6, 6.07) is 5.18. The molecule has 2 N–H and O–H groups in total. The average molecular weight is 368 g/mol. The van der Waals surface area contributed by atoms with Gasteiger partial charge in [-0.25, -0.2) is 4.98 Å². The highest BCUT2D eigenvalue weighted by molar-refractivity contribution is 5.36. The largest absolute Gasteiger partial charge is 0.350 e. The normalized spacial score (nSPS) is 22.1. The highest BCUT2D eigenvalue weighted by Crippen LogP contribution is 2.18. The number of rotatable bonds is 5. The summed E-state index contributed by atoms with van der Waals surface area (Å²) in [7, 11) is 0. The predicted octanol–water partition coefficient (Wildman–Crippen LogP) is 1.39. The third kappa shape index (κ3) is 4.73. The van der Waals surface area contributed by atoms with Gasteiger partial charge in [0.2, 0.25) is 0 Å². The van der Waals surface area contributed by atoms with Crippen molar-refractivity contribution >= 4 is 5.82 Å². The molecule has 0 unspecified atom stereocenters. The van der Waals surface area contributed by atoms with E-state index in [0.717, 1.165) is 39.1 Å². The first-order valence-electron chi connectivity index (χ1n) is 9.94. The zero-order valence-corrected chi connectivity index (χ0v) is 15.7. The quantitative estimate of drug-likeness (QED) is 0.831. The Bertz CT molecular complexity index is 771. The van der Waals surface area contributed by atoms with Crippen molar-refractivity contribution in [2.24, 2.45) is 0 Å². The lowest BCUT2D eigenvalue weighted by atomic mass is 10.00. The summed E-state index contributed by atoms with van der Waals surface area (Å²) in [4.78, 5) is 27.8. The maximum atomic E-state index is 12.0. The Morgan fingerprint density at radius 1 is 1.07 bits per heavy atom. The van der Waals surface area contributed by atoms with Gasteiger partial charge in [0.15, 0.2) is 5.82 Å². The summed E-state index contributed by atoms with van der Waals surface area (Å²) in [5.74, 6) is 0.552. The second-order valence-corrected chi connectivity index (χ2v) is 7.60. The zero-order chi connectivity index (χ0) is 18.5. The van der Waals surface area contributed by atoms with Gasteiger partial charge in [-0.1, -0.05) is 0 Å². The molecule has 144 valence electrons. The van der Waals surface area contributed by atoms with E-state index in [4.69, 9.17) is 0 Å². The van der Waals surface area contributed by atoms with Crippen molar-refractivity contribution < 1.29 is 0 Å². The third-order valence-corrected chi connectivity index (χ3v) is 5.62. The van der Waals surface area contributed by atoms with E-state index in [0.29, 0.717) is 17.9 Å². The van der Waals surface area contributed by atoms with Crippen molar-refractivity contribution in [2.75, 3.05) is 31.1 Å². The average Bonchev–Trinajstić information content (AvgIpc) is 2.71. The van der Waals surface area contributed by atoms with Gasteiger partial charge >= 0.3 is 0 Å². The van der Waals surface area contributed by atoms with E-state index in [2.05, 4.69) is 42.2 Å². The Morgan fingerprint density at radius 3 is 2.67 bits per heavy atom. The molecule has 0 amide bonds. The monoisotopic (exact) mass is 368 g/mol. The fourth-order valence-corrected chi connectivity index (χ4v) is 4.21. The molecular weight excluding hydrogens is 340 g/mol. The van der Waals surface area contributed by atoms with Crippen molar-refractivity contribution in [2.45, 2.75) is 44.3 Å². The molecule has 0 aromatic carbocycles. The number of piperidine rings is 2. The molecule has 2 aliphatic rings. The highest BCUT2D eigenvalue weighted by Gasteiger charge is 2.26. The van der Waals surface area contributed by atoms with E-state index < -0.39 is 0 Å². The summed E-state index contributed by atoms with van der Waals surface area (Å²) in [5.41, 5.74) is 1.24. The van der Waals surface area contributed by atoms with Gasteiger partial charge in [-0.05, 0) is 56.5 Å². The molecule has 2 saturated heterocycles. The molecule has 2 fully saturated rings. The molecule has 0 aliphatic carbocycles. The number of likely N-dealkylation sites (tertiary alicyclic amines) is 1. The molecule has 0 radical (unpaired) electrons. The molecule has 2 aromatic heterocycles. The first-order chi connectivity index (χ1) is 13.3. The molecule has 4 heterocycles. The lowest BCUT2D eigenvalue weighted by Crippen LogP contribution is -2.52. The maximum absolute atomic E-state index is 12.0. The van der Waals surface area contributed by atoms with Crippen LogP contribution in [0.15, 0.2) is 41.7 Å². The molecular formula is C20H28N6O. The van der Waals surface area contributed by atoms with Crippen LogP contribution in [0.25, 0.3) is 0 Å². The van der Waals surface area contributed by atoms with Crippen LogP contribution >= 0.6 is 0 Å². The molecule has 2 aliphatic heterocycles. The molecule has 2 aromatic rings. The highest BCUT2D eigenvalue weighted by atomic mass is 16.1. The first-order valence-corrected chi connectivity index (χ1v) is 9.94. The van der Waals surface area contributed by atoms with Crippen LogP contribution in [0.3, 0.4) is 0 Å². The number of pyridine rings is 1. The molecule has 0 spiro atoms. The Labute approximate surface area is 159 Å². The lowest BCUT2D eigenvalue weighted by molar-refractivity contribution is 0.181. The van der Waals surface area contributed by atoms with E-state index in [1.807, 2.05) is 12.4 Å². The Hall–Kier alpha value is -2.25. The van der Waals surface area contributed by atoms with Crippen LogP contribution < -0.4 is 15.8 Å². The minimum Gasteiger partial charge on any atom is -0.350 e. The van der Waals surface area contributed by atoms with Crippen molar-refractivity contribution in [1.82, 2.24) is 25.2 Å². The second kappa shape index (κ2) is 8.63. The number of hydrogen-bond donors (Lipinski definition) is 2. The van der Waals surface area contributed by atoms with Crippen LogP contribution in [0.2, 0.25) is 0 Å². The van der Waals surface area contributed by atoms with Gasteiger partial charge in [-0.2, -0.15) is 0 Å². The molecule has 0 bridgehead atoms. The van der Waals surface area contributed by atoms with Gasteiger partial charge in [-0.3, -0.25) is 14.7 Å². The van der Waals surface area contributed by atoms with Gasteiger partial charge in [0, 0.05) is 56.5 Å². The summed E-state index contributed by atoms with van der Waals surface area (Å²) < 4.78 is 0. The van der Waals surface area contributed by atoms with E-state index in [1.165, 1.54) is 24.8 Å². The minimum absolute atomic E-state index is 0.0948. The van der Waals surface area contributed by atoms with E-state index in [9.17, 15) is 4.79 Å². The second-order valence-electron chi connectivity index (χ2n) is 7.60. The number of aromatic amines is 1. The van der Waals surface area contributed by atoms with Crippen molar-refractivity contribution in [3.8, 4) is 0 Å². The van der Waals surface area contributed by atoms with Crippen molar-refractivity contribution in [3.63, 3.8) is 0 Å². The Balaban J connectivity index is 1.26. The maximum Gasteiger partial charge on any atom is 0.290 e. The predicted molar refractivity (Wildman–Crippen MR) is 106 cm³/mol. The van der Waals surface area contributed by atoms with Crippen LogP contribution in [0.1, 0.15) is 31.2 Å². The zero-order valence-electron chi connectivity index (χ0n) is 15.7. The van der Waals surface area contributed by atoms with Crippen LogP contribution in [0.4, 0.5) is 5.82 Å². The van der Waals surface area contributed by atoms with E-state index >= 15 is 0 Å². The van der Waals surface area contributed by atoms with Crippen LogP contribution in [0, 0.1) is 0 Å². The first kappa shape index (κ1) is 18.1.